The fraction of sp³-hybridized carbons (Fsp3) is 0.478. The number of carboxylic acid groups (broad SMARTS) is 1. The van der Waals surface area contributed by atoms with Crippen molar-refractivity contribution in [3.63, 3.8) is 0 Å². The van der Waals surface area contributed by atoms with Gasteiger partial charge in [0.15, 0.2) is 6.10 Å². The molecule has 2 saturated heterocycles. The fourth-order valence-electron chi connectivity index (χ4n) is 4.41. The molecule has 5 rings (SSSR count). The predicted molar refractivity (Wildman–Crippen MR) is 127 cm³/mol. The average Bonchev–Trinajstić information content (AvgIpc) is 3.35. The van der Waals surface area contributed by atoms with Crippen LogP contribution in [0.5, 0.6) is 0 Å². The van der Waals surface area contributed by atoms with Crippen LogP contribution in [0.15, 0.2) is 30.5 Å². The number of hydrogen-bond acceptors (Lipinski definition) is 9. The summed E-state index contributed by atoms with van der Waals surface area (Å²) in [6.45, 7) is 0.701. The number of ether oxygens (including phenoxy) is 2. The third-order valence-electron chi connectivity index (χ3n) is 6.10. The van der Waals surface area contributed by atoms with Crippen molar-refractivity contribution in [2.75, 3.05) is 18.5 Å². The number of thiophene rings is 1. The summed E-state index contributed by atoms with van der Waals surface area (Å²) in [6.07, 6.45) is 3.50. The Morgan fingerprint density at radius 2 is 2.18 bits per heavy atom. The summed E-state index contributed by atoms with van der Waals surface area (Å²) in [6, 6.07) is 7.41. The van der Waals surface area contributed by atoms with Crippen molar-refractivity contribution in [2.24, 2.45) is 0 Å². The van der Waals surface area contributed by atoms with E-state index in [4.69, 9.17) is 9.47 Å². The molecule has 180 valence electrons. The number of aliphatic carboxylic acids is 1. The van der Waals surface area contributed by atoms with Gasteiger partial charge in [0.05, 0.1) is 16.8 Å². The quantitative estimate of drug-likeness (QED) is 0.586. The summed E-state index contributed by atoms with van der Waals surface area (Å²) in [5.41, 5.74) is 1.60. The number of carbonyl (C=O) groups excluding carboxylic acids is 2. The van der Waals surface area contributed by atoms with Gasteiger partial charge >= 0.3 is 5.97 Å². The highest BCUT2D eigenvalue weighted by atomic mass is 32.2. The van der Waals surface area contributed by atoms with Crippen molar-refractivity contribution in [2.45, 2.75) is 55.8 Å². The van der Waals surface area contributed by atoms with Gasteiger partial charge in [0, 0.05) is 36.2 Å². The Kier molecular flexibility index (Phi) is 6.87. The molecule has 0 radical (unpaired) electrons. The van der Waals surface area contributed by atoms with Crippen LogP contribution in [-0.2, 0) is 31.9 Å². The lowest BCUT2D eigenvalue weighted by Crippen LogP contribution is -2.40. The predicted octanol–water partition coefficient (Wildman–Crippen LogP) is 3.46. The number of pyridine rings is 1. The van der Waals surface area contributed by atoms with E-state index >= 15 is 0 Å². The number of anilines is 1. The summed E-state index contributed by atoms with van der Waals surface area (Å²) in [5, 5.41) is 13.0. The van der Waals surface area contributed by atoms with E-state index in [0.717, 1.165) is 52.2 Å². The summed E-state index contributed by atoms with van der Waals surface area (Å²) in [4.78, 5) is 43.8. The van der Waals surface area contributed by atoms with Gasteiger partial charge in [-0.05, 0) is 43.0 Å². The second-order valence-electron chi connectivity index (χ2n) is 8.50. The second-order valence-corrected chi connectivity index (χ2v) is 10.7. The van der Waals surface area contributed by atoms with Crippen LogP contribution in [0, 0.1) is 0 Å². The number of thioether (sulfide) groups is 1. The Morgan fingerprint density at radius 3 is 2.91 bits per heavy atom. The minimum atomic E-state index is -1.06. The molecule has 2 fully saturated rings. The van der Waals surface area contributed by atoms with Crippen LogP contribution >= 0.6 is 23.1 Å². The molecule has 3 aliphatic heterocycles. The molecule has 0 aliphatic carbocycles. The van der Waals surface area contributed by atoms with Crippen LogP contribution in [0.2, 0.25) is 0 Å². The zero-order valence-electron chi connectivity index (χ0n) is 18.3. The molecule has 2 amide bonds. The highest BCUT2D eigenvalue weighted by molar-refractivity contribution is 8.15. The zero-order valence-corrected chi connectivity index (χ0v) is 20.0. The normalized spacial score (nSPS) is 27.0. The molecular formula is C23H25N3O6S2. The van der Waals surface area contributed by atoms with Crippen molar-refractivity contribution < 1.29 is 29.0 Å². The Hall–Kier alpha value is -2.47. The summed E-state index contributed by atoms with van der Waals surface area (Å²) in [5.74, 6) is -1.36. The minimum absolute atomic E-state index is 0.0138. The number of hydrogen-bond donors (Lipinski definition) is 2. The van der Waals surface area contributed by atoms with Crippen molar-refractivity contribution in [3.05, 3.63) is 46.6 Å². The van der Waals surface area contributed by atoms with Crippen molar-refractivity contribution in [1.29, 1.82) is 0 Å². The molecule has 2 aromatic rings. The Morgan fingerprint density at radius 1 is 1.29 bits per heavy atom. The summed E-state index contributed by atoms with van der Waals surface area (Å²) >= 11 is 2.45. The second kappa shape index (κ2) is 10.0. The number of carboxylic acids is 1. The first-order valence-corrected chi connectivity index (χ1v) is 13.0. The maximum absolute atomic E-state index is 13.0. The third kappa shape index (κ3) is 4.97. The molecule has 5 heterocycles. The molecule has 4 atom stereocenters. The standard InChI is InChI=1S/C23H25N3O6S2/c27-21-17(11-14-5-1-3-7-24-14)33-23(30)26(21)12-16-20-13(9-15(32-16)22(28)29)10-19(34-20)25-18-6-2-4-8-31-18/h1,3,5,7,10,15-18,25H,2,4,6,8-9,11-12H2,(H,28,29). The molecule has 34 heavy (non-hydrogen) atoms. The SMILES string of the molecule is O=C(O)C1Cc2cc(NC3CCCCO3)sc2C(CN2C(=O)SC(Cc3ccccn3)C2=O)O1. The number of aromatic nitrogens is 1. The van der Waals surface area contributed by atoms with E-state index in [2.05, 4.69) is 10.3 Å². The number of nitrogens with zero attached hydrogens (tertiary/aromatic N) is 2. The molecule has 0 aromatic carbocycles. The van der Waals surface area contributed by atoms with Crippen LogP contribution in [0.4, 0.5) is 9.80 Å². The molecule has 2 aromatic heterocycles. The molecule has 2 N–H and O–H groups in total. The van der Waals surface area contributed by atoms with Crippen LogP contribution in [0.3, 0.4) is 0 Å². The van der Waals surface area contributed by atoms with Gasteiger partial charge in [-0.3, -0.25) is 19.5 Å². The van der Waals surface area contributed by atoms with Gasteiger partial charge in [0.2, 0.25) is 5.91 Å². The summed E-state index contributed by atoms with van der Waals surface area (Å²) < 4.78 is 11.6. The number of imide groups is 1. The van der Waals surface area contributed by atoms with Gasteiger partial charge in [-0.25, -0.2) is 4.79 Å². The maximum atomic E-state index is 13.0. The van der Waals surface area contributed by atoms with Gasteiger partial charge in [0.25, 0.3) is 5.24 Å². The average molecular weight is 504 g/mol. The van der Waals surface area contributed by atoms with E-state index in [-0.39, 0.29) is 30.3 Å². The van der Waals surface area contributed by atoms with Crippen LogP contribution in [-0.4, -0.2) is 62.8 Å². The lowest BCUT2D eigenvalue weighted by atomic mass is 10.0. The molecular weight excluding hydrogens is 478 g/mol. The maximum Gasteiger partial charge on any atom is 0.333 e. The van der Waals surface area contributed by atoms with E-state index in [1.165, 1.54) is 16.2 Å². The highest BCUT2D eigenvalue weighted by Crippen LogP contribution is 2.41. The van der Waals surface area contributed by atoms with Crippen molar-refractivity contribution in [1.82, 2.24) is 9.88 Å². The Labute approximate surface area is 204 Å². The smallest absolute Gasteiger partial charge is 0.333 e. The number of fused-ring (bicyclic) bond motifs is 1. The van der Waals surface area contributed by atoms with Gasteiger partial charge in [-0.1, -0.05) is 17.8 Å². The zero-order chi connectivity index (χ0) is 23.7. The number of rotatable bonds is 7. The number of nitrogens with one attached hydrogen (secondary N) is 1. The first kappa shape index (κ1) is 23.3. The Bertz CT molecular complexity index is 1070. The van der Waals surface area contributed by atoms with E-state index in [0.29, 0.717) is 13.0 Å². The fourth-order valence-corrected chi connectivity index (χ4v) is 6.59. The van der Waals surface area contributed by atoms with E-state index in [9.17, 15) is 19.5 Å². The number of carbonyl (C=O) groups is 3. The van der Waals surface area contributed by atoms with Gasteiger partial charge in [-0.15, -0.1) is 11.3 Å². The molecule has 3 aliphatic rings. The lowest BCUT2D eigenvalue weighted by Gasteiger charge is -2.30. The summed E-state index contributed by atoms with van der Waals surface area (Å²) in [7, 11) is 0. The first-order chi connectivity index (χ1) is 16.5. The highest BCUT2D eigenvalue weighted by Gasteiger charge is 2.43. The third-order valence-corrected chi connectivity index (χ3v) is 8.38. The van der Waals surface area contributed by atoms with Crippen LogP contribution < -0.4 is 5.32 Å². The van der Waals surface area contributed by atoms with E-state index in [1.54, 1.807) is 12.3 Å². The molecule has 0 saturated carbocycles. The molecule has 4 unspecified atom stereocenters. The van der Waals surface area contributed by atoms with Crippen molar-refractivity contribution in [3.8, 4) is 0 Å². The number of amides is 2. The Balaban J connectivity index is 1.33. The monoisotopic (exact) mass is 503 g/mol. The van der Waals surface area contributed by atoms with Crippen LogP contribution in [0.1, 0.15) is 41.5 Å². The molecule has 11 heteroatoms. The topological polar surface area (TPSA) is 118 Å². The first-order valence-electron chi connectivity index (χ1n) is 11.3. The molecule has 0 bridgehead atoms. The van der Waals surface area contributed by atoms with Crippen LogP contribution in [0.25, 0.3) is 0 Å². The van der Waals surface area contributed by atoms with Gasteiger partial charge < -0.3 is 19.9 Å². The molecule has 9 nitrogen and oxygen atoms in total. The van der Waals surface area contributed by atoms with E-state index in [1.807, 2.05) is 18.2 Å². The largest absolute Gasteiger partial charge is 0.479 e. The van der Waals surface area contributed by atoms with E-state index < -0.39 is 23.4 Å². The van der Waals surface area contributed by atoms with Crippen molar-refractivity contribution >= 4 is 45.2 Å². The van der Waals surface area contributed by atoms with Gasteiger partial charge in [0.1, 0.15) is 12.3 Å². The lowest BCUT2D eigenvalue weighted by molar-refractivity contribution is -0.156. The minimum Gasteiger partial charge on any atom is -0.479 e. The van der Waals surface area contributed by atoms with Gasteiger partial charge in [-0.2, -0.15) is 0 Å². The molecule has 0 spiro atoms.